The lowest BCUT2D eigenvalue weighted by molar-refractivity contribution is 0.0696. The predicted octanol–water partition coefficient (Wildman–Crippen LogP) is 3.11. The second-order valence-electron chi connectivity index (χ2n) is 2.39. The lowest BCUT2D eigenvalue weighted by Crippen LogP contribution is -1.99. The summed E-state index contributed by atoms with van der Waals surface area (Å²) in [5.74, 6) is -0.957. The minimum atomic E-state index is -0.957. The summed E-state index contributed by atoms with van der Waals surface area (Å²) < 4.78 is 0.715. The van der Waals surface area contributed by atoms with E-state index in [1.807, 2.05) is 0 Å². The molecule has 0 aromatic heterocycles. The van der Waals surface area contributed by atoms with Crippen LogP contribution in [0.25, 0.3) is 0 Å². The van der Waals surface area contributed by atoms with Crippen molar-refractivity contribution < 1.29 is 9.90 Å². The van der Waals surface area contributed by atoms with Gasteiger partial charge in [0.2, 0.25) is 0 Å². The van der Waals surface area contributed by atoms with Crippen LogP contribution in [0, 0.1) is 6.92 Å². The Morgan fingerprint density at radius 1 is 1.58 bits per heavy atom. The van der Waals surface area contributed by atoms with Crippen molar-refractivity contribution in [2.75, 3.05) is 0 Å². The summed E-state index contributed by atoms with van der Waals surface area (Å²) in [6, 6.07) is 3.12. The molecule has 12 heavy (non-hydrogen) atoms. The molecule has 2 nitrogen and oxygen atoms in total. The highest BCUT2D eigenvalue weighted by molar-refractivity contribution is 9.10. The van der Waals surface area contributed by atoms with Gasteiger partial charge in [-0.25, -0.2) is 4.79 Å². The molecule has 0 heterocycles. The predicted molar refractivity (Wildman–Crippen MR) is 50.8 cm³/mol. The molecule has 0 saturated heterocycles. The number of aromatic carboxylic acids is 1. The van der Waals surface area contributed by atoms with Crippen LogP contribution in [0.15, 0.2) is 16.6 Å². The van der Waals surface area contributed by atoms with Crippen LogP contribution in [-0.2, 0) is 0 Å². The Bertz CT molecular complexity index is 336. The van der Waals surface area contributed by atoms with E-state index in [4.69, 9.17) is 16.7 Å². The number of rotatable bonds is 1. The molecule has 64 valence electrons. The number of halogens is 2. The van der Waals surface area contributed by atoms with Gasteiger partial charge in [-0.15, -0.1) is 0 Å². The summed E-state index contributed by atoms with van der Waals surface area (Å²) in [4.78, 5) is 10.6. The van der Waals surface area contributed by atoms with Gasteiger partial charge in [-0.3, -0.25) is 0 Å². The average molecular weight is 249 g/mol. The second-order valence-corrected chi connectivity index (χ2v) is 3.65. The zero-order valence-electron chi connectivity index (χ0n) is 6.27. The fraction of sp³-hybridized carbons (Fsp3) is 0.125. The molecule has 0 fully saturated rings. The van der Waals surface area contributed by atoms with Gasteiger partial charge in [0.25, 0.3) is 0 Å². The largest absolute Gasteiger partial charge is 0.478 e. The zero-order chi connectivity index (χ0) is 9.30. The molecule has 1 N–H and O–H groups in total. The first kappa shape index (κ1) is 9.55. The Hall–Kier alpha value is -0.540. The van der Waals surface area contributed by atoms with Crippen LogP contribution >= 0.6 is 27.5 Å². The molecule has 0 aliphatic rings. The van der Waals surface area contributed by atoms with E-state index >= 15 is 0 Å². The van der Waals surface area contributed by atoms with E-state index in [1.165, 1.54) is 6.07 Å². The molecule has 1 rings (SSSR count). The standard InChI is InChI=1S/C8H6BrClO2/c1-4-2-6(9)7(10)3-5(4)8(11)12/h2-3H,1H3,(H,11,12). The maximum absolute atomic E-state index is 10.6. The van der Waals surface area contributed by atoms with Crippen LogP contribution in [0.3, 0.4) is 0 Å². The monoisotopic (exact) mass is 248 g/mol. The van der Waals surface area contributed by atoms with Gasteiger partial charge in [0.15, 0.2) is 0 Å². The smallest absolute Gasteiger partial charge is 0.336 e. The molecule has 4 heteroatoms. The summed E-state index contributed by atoms with van der Waals surface area (Å²) in [5, 5.41) is 9.12. The summed E-state index contributed by atoms with van der Waals surface area (Å²) in [7, 11) is 0. The second kappa shape index (κ2) is 3.46. The van der Waals surface area contributed by atoms with Gasteiger partial charge in [-0.1, -0.05) is 11.6 Å². The molecular weight excluding hydrogens is 243 g/mol. The Labute approximate surface area is 83.3 Å². The van der Waals surface area contributed by atoms with E-state index in [0.29, 0.717) is 15.1 Å². The van der Waals surface area contributed by atoms with Gasteiger partial charge in [0.05, 0.1) is 10.6 Å². The summed E-state index contributed by atoms with van der Waals surface area (Å²) in [6.45, 7) is 1.73. The first-order valence-electron chi connectivity index (χ1n) is 3.21. The number of hydrogen-bond donors (Lipinski definition) is 1. The van der Waals surface area contributed by atoms with E-state index in [2.05, 4.69) is 15.9 Å². The number of hydrogen-bond acceptors (Lipinski definition) is 1. The third kappa shape index (κ3) is 1.79. The van der Waals surface area contributed by atoms with Crippen molar-refractivity contribution in [2.45, 2.75) is 6.92 Å². The van der Waals surface area contributed by atoms with Crippen molar-refractivity contribution in [1.82, 2.24) is 0 Å². The lowest BCUT2D eigenvalue weighted by atomic mass is 10.1. The Morgan fingerprint density at radius 3 is 2.67 bits per heavy atom. The molecule has 0 atom stereocenters. The summed E-state index contributed by atoms with van der Waals surface area (Å²) >= 11 is 8.92. The van der Waals surface area contributed by atoms with Crippen LogP contribution in [0.1, 0.15) is 15.9 Å². The Kier molecular flexibility index (Phi) is 2.75. The zero-order valence-corrected chi connectivity index (χ0v) is 8.61. The number of carbonyl (C=O) groups is 1. The molecule has 0 spiro atoms. The minimum Gasteiger partial charge on any atom is -0.478 e. The molecule has 0 unspecified atom stereocenters. The molecule has 1 aromatic rings. The van der Waals surface area contributed by atoms with Gasteiger partial charge >= 0.3 is 5.97 Å². The minimum absolute atomic E-state index is 0.239. The summed E-state index contributed by atoms with van der Waals surface area (Å²) in [6.07, 6.45) is 0. The normalized spacial score (nSPS) is 9.92. The SMILES string of the molecule is Cc1cc(Br)c(Cl)cc1C(=O)O. The van der Waals surface area contributed by atoms with E-state index in [9.17, 15) is 4.79 Å². The van der Waals surface area contributed by atoms with Gasteiger partial charge < -0.3 is 5.11 Å². The van der Waals surface area contributed by atoms with E-state index < -0.39 is 5.97 Å². The third-order valence-corrected chi connectivity index (χ3v) is 2.69. The number of aryl methyl sites for hydroxylation is 1. The number of carboxylic acid groups (broad SMARTS) is 1. The Balaban J connectivity index is 3.33. The van der Waals surface area contributed by atoms with Crippen LogP contribution in [0.4, 0.5) is 0 Å². The van der Waals surface area contributed by atoms with Crippen LogP contribution < -0.4 is 0 Å². The number of carboxylic acids is 1. The van der Waals surface area contributed by atoms with Gasteiger partial charge in [-0.05, 0) is 40.5 Å². The lowest BCUT2D eigenvalue weighted by Gasteiger charge is -2.02. The first-order valence-corrected chi connectivity index (χ1v) is 4.38. The molecule has 0 saturated carbocycles. The van der Waals surface area contributed by atoms with E-state index in [1.54, 1.807) is 13.0 Å². The third-order valence-electron chi connectivity index (χ3n) is 1.50. The van der Waals surface area contributed by atoms with Crippen molar-refractivity contribution in [3.63, 3.8) is 0 Å². The molecular formula is C8H6BrClO2. The molecule has 1 aromatic carbocycles. The number of benzene rings is 1. The molecule has 0 aliphatic heterocycles. The van der Waals surface area contributed by atoms with Crippen LogP contribution in [-0.4, -0.2) is 11.1 Å². The fourth-order valence-corrected chi connectivity index (χ4v) is 1.50. The van der Waals surface area contributed by atoms with Crippen molar-refractivity contribution in [1.29, 1.82) is 0 Å². The van der Waals surface area contributed by atoms with Crippen molar-refractivity contribution >= 4 is 33.5 Å². The maximum atomic E-state index is 10.6. The highest BCUT2D eigenvalue weighted by Crippen LogP contribution is 2.25. The molecule has 0 radical (unpaired) electrons. The van der Waals surface area contributed by atoms with Gasteiger partial charge in [0.1, 0.15) is 0 Å². The maximum Gasteiger partial charge on any atom is 0.336 e. The van der Waals surface area contributed by atoms with Gasteiger partial charge in [-0.2, -0.15) is 0 Å². The molecule has 0 bridgehead atoms. The first-order chi connectivity index (χ1) is 5.52. The molecule has 0 amide bonds. The van der Waals surface area contributed by atoms with Crippen LogP contribution in [0.5, 0.6) is 0 Å². The van der Waals surface area contributed by atoms with Crippen molar-refractivity contribution in [3.8, 4) is 0 Å². The van der Waals surface area contributed by atoms with E-state index in [-0.39, 0.29) is 5.56 Å². The summed E-state index contributed by atoms with van der Waals surface area (Å²) in [5.41, 5.74) is 0.932. The van der Waals surface area contributed by atoms with Crippen molar-refractivity contribution in [3.05, 3.63) is 32.8 Å². The van der Waals surface area contributed by atoms with Crippen molar-refractivity contribution in [2.24, 2.45) is 0 Å². The quantitative estimate of drug-likeness (QED) is 0.830. The topological polar surface area (TPSA) is 37.3 Å². The van der Waals surface area contributed by atoms with Crippen LogP contribution in [0.2, 0.25) is 5.02 Å². The highest BCUT2D eigenvalue weighted by Gasteiger charge is 2.09. The van der Waals surface area contributed by atoms with E-state index in [0.717, 1.165) is 0 Å². The average Bonchev–Trinajstić information content (AvgIpc) is 1.96. The van der Waals surface area contributed by atoms with Gasteiger partial charge in [0, 0.05) is 4.47 Å². The fourth-order valence-electron chi connectivity index (χ4n) is 0.877. The highest BCUT2D eigenvalue weighted by atomic mass is 79.9. The molecule has 0 aliphatic carbocycles. The Morgan fingerprint density at radius 2 is 2.17 bits per heavy atom.